The number of para-hydroxylation sites is 1. The van der Waals surface area contributed by atoms with E-state index in [1.165, 1.54) is 11.1 Å². The Bertz CT molecular complexity index is 590. The lowest BCUT2D eigenvalue weighted by molar-refractivity contribution is 0.271. The molecule has 2 aromatic carbocycles. The van der Waals surface area contributed by atoms with Gasteiger partial charge in [0.15, 0.2) is 0 Å². The number of methoxy groups -OCH3 is 1. The van der Waals surface area contributed by atoms with Crippen LogP contribution < -0.4 is 10.1 Å². The topological polar surface area (TPSA) is 21.3 Å². The predicted molar refractivity (Wildman–Crippen MR) is 82.7 cm³/mol. The molecule has 1 N–H and O–H groups in total. The Labute approximate surface area is 124 Å². The van der Waals surface area contributed by atoms with Crippen LogP contribution in [-0.4, -0.2) is 20.2 Å². The van der Waals surface area contributed by atoms with Gasteiger partial charge in [-0.05, 0) is 35.7 Å². The Hall–Kier alpha value is -1.51. The van der Waals surface area contributed by atoms with Crippen molar-refractivity contribution in [3.8, 4) is 5.75 Å². The Morgan fingerprint density at radius 3 is 2.40 bits per heavy atom. The maximum Gasteiger partial charge on any atom is 0.122 e. The lowest BCUT2D eigenvalue weighted by Crippen LogP contribution is -2.58. The third kappa shape index (κ3) is 2.41. The molecule has 0 bridgehead atoms. The first kappa shape index (κ1) is 13.5. The zero-order valence-corrected chi connectivity index (χ0v) is 12.3. The van der Waals surface area contributed by atoms with Crippen molar-refractivity contribution in [1.82, 2.24) is 5.32 Å². The molecule has 0 amide bonds. The SMILES string of the molecule is COc1ccccc1CC1(c2ccc(Cl)cc2)CNC1. The van der Waals surface area contributed by atoms with E-state index in [2.05, 4.69) is 29.6 Å². The van der Waals surface area contributed by atoms with E-state index in [4.69, 9.17) is 16.3 Å². The summed E-state index contributed by atoms with van der Waals surface area (Å²) in [4.78, 5) is 0. The number of hydrogen-bond acceptors (Lipinski definition) is 2. The molecule has 1 saturated heterocycles. The largest absolute Gasteiger partial charge is 0.496 e. The van der Waals surface area contributed by atoms with Crippen LogP contribution >= 0.6 is 11.6 Å². The Balaban J connectivity index is 1.92. The van der Waals surface area contributed by atoms with Crippen LogP contribution in [0.25, 0.3) is 0 Å². The summed E-state index contributed by atoms with van der Waals surface area (Å²) >= 11 is 6.00. The third-order valence-corrected chi connectivity index (χ3v) is 4.36. The van der Waals surface area contributed by atoms with E-state index in [9.17, 15) is 0 Å². The molecule has 1 heterocycles. The second kappa shape index (κ2) is 5.47. The van der Waals surface area contributed by atoms with Crippen molar-refractivity contribution in [3.63, 3.8) is 0 Å². The highest BCUT2D eigenvalue weighted by molar-refractivity contribution is 6.30. The Morgan fingerprint density at radius 2 is 1.80 bits per heavy atom. The van der Waals surface area contributed by atoms with E-state index in [-0.39, 0.29) is 5.41 Å². The normalized spacial score (nSPS) is 16.5. The van der Waals surface area contributed by atoms with Crippen molar-refractivity contribution in [2.45, 2.75) is 11.8 Å². The Kier molecular flexibility index (Phi) is 3.68. The Morgan fingerprint density at radius 1 is 1.10 bits per heavy atom. The number of rotatable bonds is 4. The lowest BCUT2D eigenvalue weighted by Gasteiger charge is -2.43. The van der Waals surface area contributed by atoms with Crippen LogP contribution in [-0.2, 0) is 11.8 Å². The molecule has 20 heavy (non-hydrogen) atoms. The van der Waals surface area contributed by atoms with Crippen molar-refractivity contribution in [2.24, 2.45) is 0 Å². The van der Waals surface area contributed by atoms with Gasteiger partial charge in [-0.25, -0.2) is 0 Å². The fraction of sp³-hybridized carbons (Fsp3) is 0.294. The van der Waals surface area contributed by atoms with Crippen LogP contribution in [0, 0.1) is 0 Å². The van der Waals surface area contributed by atoms with Crippen molar-refractivity contribution < 1.29 is 4.74 Å². The molecule has 2 nitrogen and oxygen atoms in total. The second-order valence-corrected chi connectivity index (χ2v) is 5.82. The van der Waals surface area contributed by atoms with E-state index in [0.717, 1.165) is 30.3 Å². The quantitative estimate of drug-likeness (QED) is 0.930. The van der Waals surface area contributed by atoms with Crippen LogP contribution in [0.2, 0.25) is 5.02 Å². The minimum Gasteiger partial charge on any atom is -0.496 e. The van der Waals surface area contributed by atoms with Crippen LogP contribution in [0.1, 0.15) is 11.1 Å². The summed E-state index contributed by atoms with van der Waals surface area (Å²) in [5.74, 6) is 0.965. The van der Waals surface area contributed by atoms with Gasteiger partial charge in [-0.1, -0.05) is 41.9 Å². The van der Waals surface area contributed by atoms with Crippen molar-refractivity contribution >= 4 is 11.6 Å². The first-order valence-corrected chi connectivity index (χ1v) is 7.20. The highest BCUT2D eigenvalue weighted by Crippen LogP contribution is 2.35. The molecule has 1 aliphatic heterocycles. The highest BCUT2D eigenvalue weighted by atomic mass is 35.5. The molecule has 104 valence electrons. The van der Waals surface area contributed by atoms with E-state index >= 15 is 0 Å². The van der Waals surface area contributed by atoms with E-state index in [1.807, 2.05) is 24.3 Å². The fourth-order valence-corrected chi connectivity index (χ4v) is 3.00. The molecule has 0 radical (unpaired) electrons. The number of benzene rings is 2. The van der Waals surface area contributed by atoms with Gasteiger partial charge in [0.05, 0.1) is 7.11 Å². The van der Waals surface area contributed by atoms with E-state index in [0.29, 0.717) is 0 Å². The van der Waals surface area contributed by atoms with Gasteiger partial charge >= 0.3 is 0 Å². The number of nitrogens with one attached hydrogen (secondary N) is 1. The molecule has 2 aromatic rings. The first-order chi connectivity index (χ1) is 9.73. The third-order valence-electron chi connectivity index (χ3n) is 4.10. The van der Waals surface area contributed by atoms with Gasteiger partial charge in [-0.15, -0.1) is 0 Å². The summed E-state index contributed by atoms with van der Waals surface area (Å²) in [6, 6.07) is 16.5. The van der Waals surface area contributed by atoms with Crippen LogP contribution in [0.15, 0.2) is 48.5 Å². The maximum atomic E-state index is 6.00. The van der Waals surface area contributed by atoms with Crippen molar-refractivity contribution in [2.75, 3.05) is 20.2 Å². The fourth-order valence-electron chi connectivity index (χ4n) is 2.87. The molecular formula is C17H18ClNO. The molecular weight excluding hydrogens is 270 g/mol. The molecule has 3 rings (SSSR count). The summed E-state index contributed by atoms with van der Waals surface area (Å²) in [6.45, 7) is 1.99. The second-order valence-electron chi connectivity index (χ2n) is 5.38. The summed E-state index contributed by atoms with van der Waals surface area (Å²) in [6.07, 6.45) is 0.978. The standard InChI is InChI=1S/C17H18ClNO/c1-20-16-5-3-2-4-13(16)10-17(11-19-12-17)14-6-8-15(18)9-7-14/h2-9,19H,10-12H2,1H3. The molecule has 1 fully saturated rings. The molecule has 0 saturated carbocycles. The summed E-state index contributed by atoms with van der Waals surface area (Å²) < 4.78 is 5.47. The molecule has 0 aromatic heterocycles. The van der Waals surface area contributed by atoms with Crippen molar-refractivity contribution in [3.05, 3.63) is 64.7 Å². The van der Waals surface area contributed by atoms with Gasteiger partial charge in [-0.3, -0.25) is 0 Å². The average molecular weight is 288 g/mol. The molecule has 0 atom stereocenters. The molecule has 1 aliphatic rings. The predicted octanol–water partition coefficient (Wildman–Crippen LogP) is 3.43. The minimum atomic E-state index is 0.152. The first-order valence-electron chi connectivity index (χ1n) is 6.82. The maximum absolute atomic E-state index is 6.00. The van der Waals surface area contributed by atoms with Gasteiger partial charge in [-0.2, -0.15) is 0 Å². The van der Waals surface area contributed by atoms with E-state index < -0.39 is 0 Å². The number of halogens is 1. The van der Waals surface area contributed by atoms with Gasteiger partial charge in [0.25, 0.3) is 0 Å². The van der Waals surface area contributed by atoms with Gasteiger partial charge in [0.2, 0.25) is 0 Å². The summed E-state index contributed by atoms with van der Waals surface area (Å²) in [5.41, 5.74) is 2.75. The van der Waals surface area contributed by atoms with E-state index in [1.54, 1.807) is 7.11 Å². The summed E-state index contributed by atoms with van der Waals surface area (Å²) in [7, 11) is 1.73. The van der Waals surface area contributed by atoms with Gasteiger partial charge in [0.1, 0.15) is 5.75 Å². The van der Waals surface area contributed by atoms with Crippen molar-refractivity contribution in [1.29, 1.82) is 0 Å². The minimum absolute atomic E-state index is 0.152. The molecule has 0 aliphatic carbocycles. The van der Waals surface area contributed by atoms with Crippen LogP contribution in [0.3, 0.4) is 0 Å². The number of hydrogen-bond donors (Lipinski definition) is 1. The summed E-state index contributed by atoms with van der Waals surface area (Å²) in [5, 5.41) is 4.18. The molecule has 0 spiro atoms. The smallest absolute Gasteiger partial charge is 0.122 e. The lowest BCUT2D eigenvalue weighted by atomic mass is 9.71. The zero-order valence-electron chi connectivity index (χ0n) is 11.5. The zero-order chi connectivity index (χ0) is 14.0. The monoisotopic (exact) mass is 287 g/mol. The molecule has 0 unspecified atom stereocenters. The van der Waals surface area contributed by atoms with Crippen LogP contribution in [0.4, 0.5) is 0 Å². The average Bonchev–Trinajstić information content (AvgIpc) is 2.44. The number of ether oxygens (including phenoxy) is 1. The van der Waals surface area contributed by atoms with Crippen LogP contribution in [0.5, 0.6) is 5.75 Å². The molecule has 3 heteroatoms. The highest BCUT2D eigenvalue weighted by Gasteiger charge is 2.39. The van der Waals surface area contributed by atoms with Gasteiger partial charge in [0, 0.05) is 23.5 Å². The van der Waals surface area contributed by atoms with Gasteiger partial charge < -0.3 is 10.1 Å².